The van der Waals surface area contributed by atoms with Crippen molar-refractivity contribution < 1.29 is 9.53 Å². The summed E-state index contributed by atoms with van der Waals surface area (Å²) in [4.78, 5) is 11.9. The summed E-state index contributed by atoms with van der Waals surface area (Å²) in [6, 6.07) is 14.3. The molecule has 0 spiro atoms. The van der Waals surface area contributed by atoms with Crippen LogP contribution < -0.4 is 10.1 Å². The van der Waals surface area contributed by atoms with Crippen LogP contribution in [0.5, 0.6) is 5.75 Å². The SMILES string of the molecule is CC(NC(=O)COc1ccccc1)c1ccc(Cl)c(Cl)c1. The van der Waals surface area contributed by atoms with E-state index in [4.69, 9.17) is 27.9 Å². The first-order valence-electron chi connectivity index (χ1n) is 6.48. The van der Waals surface area contributed by atoms with Crippen molar-refractivity contribution in [3.63, 3.8) is 0 Å². The lowest BCUT2D eigenvalue weighted by molar-refractivity contribution is -0.123. The molecule has 1 N–H and O–H groups in total. The smallest absolute Gasteiger partial charge is 0.258 e. The molecule has 0 saturated heterocycles. The van der Waals surface area contributed by atoms with Gasteiger partial charge in [0.2, 0.25) is 0 Å². The quantitative estimate of drug-likeness (QED) is 0.893. The molecule has 1 amide bonds. The van der Waals surface area contributed by atoms with Crippen LogP contribution in [-0.4, -0.2) is 12.5 Å². The molecule has 0 heterocycles. The summed E-state index contributed by atoms with van der Waals surface area (Å²) >= 11 is 11.8. The topological polar surface area (TPSA) is 38.3 Å². The maximum atomic E-state index is 11.9. The van der Waals surface area contributed by atoms with Gasteiger partial charge < -0.3 is 10.1 Å². The van der Waals surface area contributed by atoms with Crippen LogP contribution in [0.15, 0.2) is 48.5 Å². The number of hydrogen-bond acceptors (Lipinski definition) is 2. The summed E-state index contributed by atoms with van der Waals surface area (Å²) in [6.07, 6.45) is 0. The van der Waals surface area contributed by atoms with Gasteiger partial charge in [0.1, 0.15) is 5.75 Å². The van der Waals surface area contributed by atoms with Crippen molar-refractivity contribution in [2.75, 3.05) is 6.61 Å². The van der Waals surface area contributed by atoms with E-state index in [1.54, 1.807) is 24.3 Å². The van der Waals surface area contributed by atoms with Gasteiger partial charge in [0.25, 0.3) is 5.91 Å². The average molecular weight is 324 g/mol. The van der Waals surface area contributed by atoms with Crippen molar-refractivity contribution in [3.05, 3.63) is 64.1 Å². The second-order valence-corrected chi connectivity index (χ2v) is 5.38. The van der Waals surface area contributed by atoms with E-state index in [2.05, 4.69) is 5.32 Å². The number of halogens is 2. The van der Waals surface area contributed by atoms with Crippen LogP contribution in [0.3, 0.4) is 0 Å². The number of rotatable bonds is 5. The Morgan fingerprint density at radius 1 is 1.14 bits per heavy atom. The number of amides is 1. The molecule has 0 bridgehead atoms. The summed E-state index contributed by atoms with van der Waals surface area (Å²) in [6.45, 7) is 1.84. The molecule has 0 saturated carbocycles. The Morgan fingerprint density at radius 3 is 2.52 bits per heavy atom. The van der Waals surface area contributed by atoms with E-state index in [0.29, 0.717) is 15.8 Å². The molecule has 21 heavy (non-hydrogen) atoms. The van der Waals surface area contributed by atoms with Gasteiger partial charge in [-0.05, 0) is 36.8 Å². The van der Waals surface area contributed by atoms with E-state index in [9.17, 15) is 4.79 Å². The highest BCUT2D eigenvalue weighted by Gasteiger charge is 2.11. The number of carbonyl (C=O) groups excluding carboxylic acids is 1. The predicted molar refractivity (Wildman–Crippen MR) is 85.0 cm³/mol. The zero-order valence-corrected chi connectivity index (χ0v) is 13.0. The van der Waals surface area contributed by atoms with Crippen molar-refractivity contribution in [3.8, 4) is 5.75 Å². The lowest BCUT2D eigenvalue weighted by atomic mass is 10.1. The first-order chi connectivity index (χ1) is 10.1. The van der Waals surface area contributed by atoms with E-state index >= 15 is 0 Å². The van der Waals surface area contributed by atoms with Gasteiger partial charge in [-0.3, -0.25) is 4.79 Å². The maximum Gasteiger partial charge on any atom is 0.258 e. The van der Waals surface area contributed by atoms with Crippen molar-refractivity contribution in [2.45, 2.75) is 13.0 Å². The third-order valence-electron chi connectivity index (χ3n) is 2.93. The molecule has 0 aromatic heterocycles. The van der Waals surface area contributed by atoms with Crippen molar-refractivity contribution in [2.24, 2.45) is 0 Å². The molecule has 2 aromatic rings. The lowest BCUT2D eigenvalue weighted by Gasteiger charge is -2.15. The third kappa shape index (κ3) is 4.66. The van der Waals surface area contributed by atoms with Gasteiger partial charge in [-0.2, -0.15) is 0 Å². The Kier molecular flexibility index (Phi) is 5.48. The van der Waals surface area contributed by atoms with E-state index < -0.39 is 0 Å². The van der Waals surface area contributed by atoms with Crippen LogP contribution >= 0.6 is 23.2 Å². The fraction of sp³-hybridized carbons (Fsp3) is 0.188. The van der Waals surface area contributed by atoms with E-state index in [-0.39, 0.29) is 18.6 Å². The molecule has 2 aromatic carbocycles. The second kappa shape index (κ2) is 7.34. The van der Waals surface area contributed by atoms with Crippen LogP contribution in [0.1, 0.15) is 18.5 Å². The number of ether oxygens (including phenoxy) is 1. The van der Waals surface area contributed by atoms with Crippen molar-refractivity contribution >= 4 is 29.1 Å². The summed E-state index contributed by atoms with van der Waals surface area (Å²) in [5, 5.41) is 3.81. The molecule has 0 radical (unpaired) electrons. The first kappa shape index (κ1) is 15.7. The average Bonchev–Trinajstić information content (AvgIpc) is 2.49. The summed E-state index contributed by atoms with van der Waals surface area (Å²) in [7, 11) is 0. The Balaban J connectivity index is 1.88. The monoisotopic (exact) mass is 323 g/mol. The molecule has 110 valence electrons. The minimum Gasteiger partial charge on any atom is -0.484 e. The van der Waals surface area contributed by atoms with Gasteiger partial charge in [-0.1, -0.05) is 47.5 Å². The van der Waals surface area contributed by atoms with E-state index in [1.165, 1.54) is 0 Å². The Hall–Kier alpha value is -1.71. The fourth-order valence-electron chi connectivity index (χ4n) is 1.81. The minimum absolute atomic E-state index is 0.0321. The molecule has 1 atom stereocenters. The van der Waals surface area contributed by atoms with Crippen molar-refractivity contribution in [1.29, 1.82) is 0 Å². The van der Waals surface area contributed by atoms with Gasteiger partial charge in [-0.25, -0.2) is 0 Å². The molecular weight excluding hydrogens is 309 g/mol. The lowest BCUT2D eigenvalue weighted by Crippen LogP contribution is -2.31. The van der Waals surface area contributed by atoms with E-state index in [1.807, 2.05) is 31.2 Å². The van der Waals surface area contributed by atoms with Crippen LogP contribution in [0, 0.1) is 0 Å². The largest absolute Gasteiger partial charge is 0.484 e. The maximum absolute atomic E-state index is 11.9. The summed E-state index contributed by atoms with van der Waals surface area (Å²) in [5.74, 6) is 0.465. The van der Waals surface area contributed by atoms with Gasteiger partial charge >= 0.3 is 0 Å². The highest BCUT2D eigenvalue weighted by atomic mass is 35.5. The second-order valence-electron chi connectivity index (χ2n) is 4.56. The molecule has 5 heteroatoms. The molecule has 0 aliphatic carbocycles. The summed E-state index contributed by atoms with van der Waals surface area (Å²) < 4.78 is 5.39. The van der Waals surface area contributed by atoms with Crippen LogP contribution in [0.4, 0.5) is 0 Å². The van der Waals surface area contributed by atoms with Crippen LogP contribution in [0.2, 0.25) is 10.0 Å². The Labute approximate surface area is 133 Å². The normalized spacial score (nSPS) is 11.8. The number of hydrogen-bond donors (Lipinski definition) is 1. The number of benzene rings is 2. The van der Waals surface area contributed by atoms with Crippen LogP contribution in [-0.2, 0) is 4.79 Å². The summed E-state index contributed by atoms with van der Waals surface area (Å²) in [5.41, 5.74) is 0.887. The first-order valence-corrected chi connectivity index (χ1v) is 7.24. The third-order valence-corrected chi connectivity index (χ3v) is 3.67. The standard InChI is InChI=1S/C16H15Cl2NO2/c1-11(12-7-8-14(17)15(18)9-12)19-16(20)10-21-13-5-3-2-4-6-13/h2-9,11H,10H2,1H3,(H,19,20). The minimum atomic E-state index is -0.197. The van der Waals surface area contributed by atoms with E-state index in [0.717, 1.165) is 5.56 Å². The number of para-hydroxylation sites is 1. The molecule has 0 fully saturated rings. The molecule has 1 unspecified atom stereocenters. The molecular formula is C16H15Cl2NO2. The van der Waals surface area contributed by atoms with Crippen LogP contribution in [0.25, 0.3) is 0 Å². The number of nitrogens with one attached hydrogen (secondary N) is 1. The Morgan fingerprint density at radius 2 is 1.86 bits per heavy atom. The molecule has 3 nitrogen and oxygen atoms in total. The molecule has 0 aliphatic rings. The molecule has 0 aliphatic heterocycles. The number of carbonyl (C=O) groups is 1. The van der Waals surface area contributed by atoms with Crippen molar-refractivity contribution in [1.82, 2.24) is 5.32 Å². The predicted octanol–water partition coefficient (Wildman–Crippen LogP) is 4.25. The highest BCUT2D eigenvalue weighted by molar-refractivity contribution is 6.42. The molecule has 2 rings (SSSR count). The highest BCUT2D eigenvalue weighted by Crippen LogP contribution is 2.25. The fourth-order valence-corrected chi connectivity index (χ4v) is 2.12. The van der Waals surface area contributed by atoms with Gasteiger partial charge in [-0.15, -0.1) is 0 Å². The van der Waals surface area contributed by atoms with Gasteiger partial charge in [0, 0.05) is 0 Å². The Bertz CT molecular complexity index is 617. The van der Waals surface area contributed by atoms with Gasteiger partial charge in [0.05, 0.1) is 16.1 Å². The zero-order valence-electron chi connectivity index (χ0n) is 11.5. The van der Waals surface area contributed by atoms with Gasteiger partial charge in [0.15, 0.2) is 6.61 Å². The zero-order chi connectivity index (χ0) is 15.2.